The molecule has 16 heavy (non-hydrogen) atoms. The van der Waals surface area contributed by atoms with Crippen molar-refractivity contribution in [2.45, 2.75) is 18.9 Å². The normalized spacial score (nSPS) is 15.8. The summed E-state index contributed by atoms with van der Waals surface area (Å²) in [5.74, 6) is 0. The van der Waals surface area contributed by atoms with E-state index in [9.17, 15) is 13.2 Å². The van der Waals surface area contributed by atoms with E-state index < -0.39 is 10.2 Å². The van der Waals surface area contributed by atoms with Crippen molar-refractivity contribution in [1.82, 2.24) is 4.72 Å². The minimum Gasteiger partial charge on any atom is -0.298 e. The SMILES string of the molecule is O=Cc1ccc(NS(=O)(=O)NC2CC2)cc1. The summed E-state index contributed by atoms with van der Waals surface area (Å²) in [6.45, 7) is 0. The number of hydrogen-bond acceptors (Lipinski definition) is 3. The van der Waals surface area contributed by atoms with E-state index in [1.165, 1.54) is 0 Å². The Morgan fingerprint density at radius 2 is 1.81 bits per heavy atom. The average Bonchev–Trinajstić information content (AvgIpc) is 3.01. The van der Waals surface area contributed by atoms with Crippen LogP contribution in [0.2, 0.25) is 0 Å². The molecule has 5 nitrogen and oxygen atoms in total. The van der Waals surface area contributed by atoms with Crippen LogP contribution in [-0.4, -0.2) is 20.7 Å². The van der Waals surface area contributed by atoms with Crippen molar-refractivity contribution in [2.24, 2.45) is 0 Å². The summed E-state index contributed by atoms with van der Waals surface area (Å²) in [5.41, 5.74) is 0.955. The van der Waals surface area contributed by atoms with E-state index >= 15 is 0 Å². The van der Waals surface area contributed by atoms with Crippen LogP contribution in [-0.2, 0) is 10.2 Å². The van der Waals surface area contributed by atoms with Gasteiger partial charge in [-0.15, -0.1) is 0 Å². The lowest BCUT2D eigenvalue weighted by Crippen LogP contribution is -2.31. The van der Waals surface area contributed by atoms with E-state index in [0.717, 1.165) is 12.8 Å². The number of carbonyl (C=O) groups excluding carboxylic acids is 1. The zero-order valence-electron chi connectivity index (χ0n) is 8.51. The maximum Gasteiger partial charge on any atom is 0.299 e. The van der Waals surface area contributed by atoms with Gasteiger partial charge in [-0.25, -0.2) is 0 Å². The summed E-state index contributed by atoms with van der Waals surface area (Å²) in [6, 6.07) is 6.29. The van der Waals surface area contributed by atoms with Crippen LogP contribution in [0, 0.1) is 0 Å². The lowest BCUT2D eigenvalue weighted by atomic mass is 10.2. The molecule has 0 radical (unpaired) electrons. The molecule has 1 saturated carbocycles. The van der Waals surface area contributed by atoms with Gasteiger partial charge in [0.25, 0.3) is 10.2 Å². The summed E-state index contributed by atoms with van der Waals surface area (Å²) in [6.07, 6.45) is 2.50. The molecule has 1 fully saturated rings. The molecule has 2 N–H and O–H groups in total. The van der Waals surface area contributed by atoms with Gasteiger partial charge in [-0.2, -0.15) is 13.1 Å². The molecule has 1 aliphatic carbocycles. The molecule has 0 bridgehead atoms. The van der Waals surface area contributed by atoms with E-state index in [1.807, 2.05) is 0 Å². The Labute approximate surface area is 94.0 Å². The Morgan fingerprint density at radius 3 is 2.31 bits per heavy atom. The number of benzene rings is 1. The molecule has 2 rings (SSSR count). The van der Waals surface area contributed by atoms with Gasteiger partial charge in [-0.05, 0) is 37.1 Å². The van der Waals surface area contributed by atoms with E-state index in [0.29, 0.717) is 17.5 Å². The lowest BCUT2D eigenvalue weighted by molar-refractivity contribution is 0.112. The van der Waals surface area contributed by atoms with Gasteiger partial charge in [-0.1, -0.05) is 0 Å². The highest BCUT2D eigenvalue weighted by Crippen LogP contribution is 2.20. The Hall–Kier alpha value is -1.40. The molecule has 0 aliphatic heterocycles. The Balaban J connectivity index is 2.04. The number of anilines is 1. The van der Waals surface area contributed by atoms with E-state index in [1.54, 1.807) is 24.3 Å². The molecule has 86 valence electrons. The number of hydrogen-bond donors (Lipinski definition) is 2. The third-order valence-corrected chi connectivity index (χ3v) is 3.35. The van der Waals surface area contributed by atoms with Crippen molar-refractivity contribution in [3.8, 4) is 0 Å². The Kier molecular flexibility index (Phi) is 2.93. The summed E-state index contributed by atoms with van der Waals surface area (Å²) >= 11 is 0. The van der Waals surface area contributed by atoms with Crippen molar-refractivity contribution in [2.75, 3.05) is 4.72 Å². The Bertz CT molecular complexity index is 477. The molecular formula is C10H12N2O3S. The first-order chi connectivity index (χ1) is 7.59. The number of rotatable bonds is 5. The minimum atomic E-state index is -3.48. The molecule has 1 aliphatic rings. The average molecular weight is 240 g/mol. The van der Waals surface area contributed by atoms with Gasteiger partial charge >= 0.3 is 0 Å². The van der Waals surface area contributed by atoms with Gasteiger partial charge in [0.05, 0.1) is 0 Å². The van der Waals surface area contributed by atoms with Gasteiger partial charge in [0.2, 0.25) is 0 Å². The molecular weight excluding hydrogens is 228 g/mol. The molecule has 6 heteroatoms. The molecule has 0 spiro atoms. The maximum atomic E-state index is 11.5. The van der Waals surface area contributed by atoms with E-state index in [4.69, 9.17) is 0 Å². The topological polar surface area (TPSA) is 75.3 Å². The maximum absolute atomic E-state index is 11.5. The number of nitrogens with one attached hydrogen (secondary N) is 2. The molecule has 0 heterocycles. The number of aldehydes is 1. The van der Waals surface area contributed by atoms with Crippen molar-refractivity contribution in [3.63, 3.8) is 0 Å². The van der Waals surface area contributed by atoms with Gasteiger partial charge < -0.3 is 0 Å². The van der Waals surface area contributed by atoms with Crippen LogP contribution in [0.15, 0.2) is 24.3 Å². The van der Waals surface area contributed by atoms with E-state index in [2.05, 4.69) is 9.44 Å². The highest BCUT2D eigenvalue weighted by atomic mass is 32.2. The first kappa shape index (κ1) is 11.1. The second-order valence-electron chi connectivity index (χ2n) is 3.74. The Morgan fingerprint density at radius 1 is 1.19 bits per heavy atom. The molecule has 0 unspecified atom stereocenters. The predicted molar refractivity (Wildman–Crippen MR) is 60.5 cm³/mol. The van der Waals surface area contributed by atoms with Crippen LogP contribution in [0.25, 0.3) is 0 Å². The van der Waals surface area contributed by atoms with Crippen LogP contribution < -0.4 is 9.44 Å². The quantitative estimate of drug-likeness (QED) is 0.751. The summed E-state index contributed by atoms with van der Waals surface area (Å²) in [5, 5.41) is 0. The van der Waals surface area contributed by atoms with Crippen molar-refractivity contribution < 1.29 is 13.2 Å². The van der Waals surface area contributed by atoms with Crippen LogP contribution in [0.3, 0.4) is 0 Å². The fourth-order valence-electron chi connectivity index (χ4n) is 1.23. The second kappa shape index (κ2) is 4.23. The number of carbonyl (C=O) groups is 1. The van der Waals surface area contributed by atoms with Gasteiger partial charge in [0.1, 0.15) is 6.29 Å². The minimum absolute atomic E-state index is 0.0757. The first-order valence-corrected chi connectivity index (χ1v) is 6.43. The molecule has 0 amide bonds. The predicted octanol–water partition coefficient (Wildman–Crippen LogP) is 0.908. The fraction of sp³-hybridized carbons (Fsp3) is 0.300. The van der Waals surface area contributed by atoms with Crippen LogP contribution in [0.4, 0.5) is 5.69 Å². The molecule has 0 saturated heterocycles. The van der Waals surface area contributed by atoms with Crippen molar-refractivity contribution in [3.05, 3.63) is 29.8 Å². The molecule has 0 atom stereocenters. The van der Waals surface area contributed by atoms with Crippen molar-refractivity contribution >= 4 is 22.2 Å². The van der Waals surface area contributed by atoms with Gasteiger partial charge in [0, 0.05) is 17.3 Å². The third kappa shape index (κ3) is 3.04. The van der Waals surface area contributed by atoms with Crippen LogP contribution in [0.5, 0.6) is 0 Å². The lowest BCUT2D eigenvalue weighted by Gasteiger charge is -2.08. The highest BCUT2D eigenvalue weighted by molar-refractivity contribution is 7.90. The van der Waals surface area contributed by atoms with Crippen LogP contribution in [0.1, 0.15) is 23.2 Å². The monoisotopic (exact) mass is 240 g/mol. The molecule has 1 aromatic carbocycles. The van der Waals surface area contributed by atoms with E-state index in [-0.39, 0.29) is 6.04 Å². The largest absolute Gasteiger partial charge is 0.299 e. The standard InChI is InChI=1S/C10H12N2O3S/c13-7-8-1-3-9(4-2-8)11-16(14,15)12-10-5-6-10/h1-4,7,10-12H,5-6H2. The first-order valence-electron chi connectivity index (χ1n) is 4.94. The third-order valence-electron chi connectivity index (χ3n) is 2.20. The molecule has 1 aromatic rings. The van der Waals surface area contributed by atoms with Gasteiger partial charge in [0.15, 0.2) is 0 Å². The van der Waals surface area contributed by atoms with Crippen LogP contribution >= 0.6 is 0 Å². The smallest absolute Gasteiger partial charge is 0.298 e. The van der Waals surface area contributed by atoms with Gasteiger partial charge in [-0.3, -0.25) is 9.52 Å². The zero-order valence-corrected chi connectivity index (χ0v) is 9.33. The highest BCUT2D eigenvalue weighted by Gasteiger charge is 2.26. The summed E-state index contributed by atoms with van der Waals surface area (Å²) in [7, 11) is -3.48. The summed E-state index contributed by atoms with van der Waals surface area (Å²) < 4.78 is 27.9. The molecule has 0 aromatic heterocycles. The van der Waals surface area contributed by atoms with Crippen molar-refractivity contribution in [1.29, 1.82) is 0 Å². The summed E-state index contributed by atoms with van der Waals surface area (Å²) in [4.78, 5) is 10.4. The fourth-order valence-corrected chi connectivity index (χ4v) is 2.41. The second-order valence-corrected chi connectivity index (χ2v) is 5.18. The zero-order chi connectivity index (χ0) is 11.6.